The van der Waals surface area contributed by atoms with E-state index >= 15 is 0 Å². The van der Waals surface area contributed by atoms with Gasteiger partial charge in [0.2, 0.25) is 0 Å². The Hall–Kier alpha value is -3.16. The van der Waals surface area contributed by atoms with Gasteiger partial charge in [-0.15, -0.1) is 5.10 Å². The highest BCUT2D eigenvalue weighted by Crippen LogP contribution is 2.27. The van der Waals surface area contributed by atoms with Crippen molar-refractivity contribution in [2.24, 2.45) is 0 Å². The Bertz CT molecular complexity index is 833. The van der Waals surface area contributed by atoms with E-state index in [9.17, 15) is 18.7 Å². The first-order chi connectivity index (χ1) is 11.0. The van der Waals surface area contributed by atoms with Crippen LogP contribution in [0.1, 0.15) is 22.3 Å². The Morgan fingerprint density at radius 1 is 1.09 bits per heavy atom. The largest absolute Gasteiger partial charge is 0.478 e. The van der Waals surface area contributed by atoms with Crippen molar-refractivity contribution in [3.8, 4) is 16.8 Å². The number of halogens is 2. The molecule has 8 heteroatoms. The van der Waals surface area contributed by atoms with Crippen LogP contribution in [0, 0.1) is 0 Å². The van der Waals surface area contributed by atoms with E-state index in [-0.39, 0.29) is 11.1 Å². The van der Waals surface area contributed by atoms with Crippen molar-refractivity contribution in [2.75, 3.05) is 0 Å². The van der Waals surface area contributed by atoms with E-state index in [4.69, 9.17) is 0 Å². The molecule has 1 N–H and O–H groups in total. The second kappa shape index (κ2) is 5.91. The molecular formula is C15H10F2N4O2. The standard InChI is InChI=1S/C15H10F2N4O2/c16-14(17)10-3-1-9(2-4-10)11-5-12(15(22)23)7-13(6-11)21-8-18-19-20-21/h1-8,14H,(H,22,23). The Morgan fingerprint density at radius 2 is 1.83 bits per heavy atom. The summed E-state index contributed by atoms with van der Waals surface area (Å²) >= 11 is 0. The maximum absolute atomic E-state index is 12.6. The molecule has 0 unspecified atom stereocenters. The molecule has 0 saturated heterocycles. The number of carboxylic acids is 1. The van der Waals surface area contributed by atoms with Gasteiger partial charge in [-0.3, -0.25) is 0 Å². The van der Waals surface area contributed by atoms with Crippen LogP contribution in [0.2, 0.25) is 0 Å². The van der Waals surface area contributed by atoms with Crippen LogP contribution < -0.4 is 0 Å². The van der Waals surface area contributed by atoms with E-state index in [2.05, 4.69) is 15.5 Å². The zero-order valence-electron chi connectivity index (χ0n) is 11.6. The highest BCUT2D eigenvalue weighted by Gasteiger charge is 2.12. The fourth-order valence-corrected chi connectivity index (χ4v) is 2.13. The second-order valence-corrected chi connectivity index (χ2v) is 4.75. The minimum absolute atomic E-state index is 0.0472. The Morgan fingerprint density at radius 3 is 2.39 bits per heavy atom. The molecule has 0 aliphatic rings. The van der Waals surface area contributed by atoms with E-state index in [1.807, 2.05) is 0 Å². The number of carboxylic acid groups (broad SMARTS) is 1. The fourth-order valence-electron chi connectivity index (χ4n) is 2.13. The molecule has 1 aromatic heterocycles. The predicted molar refractivity (Wildman–Crippen MR) is 76.5 cm³/mol. The minimum Gasteiger partial charge on any atom is -0.478 e. The van der Waals surface area contributed by atoms with Crippen LogP contribution in [0.15, 0.2) is 48.8 Å². The number of tetrazole rings is 1. The Balaban J connectivity index is 2.09. The van der Waals surface area contributed by atoms with Crippen LogP contribution >= 0.6 is 0 Å². The molecule has 0 aliphatic carbocycles. The van der Waals surface area contributed by atoms with E-state index in [1.165, 1.54) is 47.4 Å². The summed E-state index contributed by atoms with van der Waals surface area (Å²) in [6, 6.07) is 10.2. The van der Waals surface area contributed by atoms with Crippen molar-refractivity contribution in [1.82, 2.24) is 20.2 Å². The van der Waals surface area contributed by atoms with Gasteiger partial charge in [0, 0.05) is 5.56 Å². The van der Waals surface area contributed by atoms with E-state index in [0.717, 1.165) is 0 Å². The third-order valence-electron chi connectivity index (χ3n) is 3.27. The fraction of sp³-hybridized carbons (Fsp3) is 0.0667. The highest BCUT2D eigenvalue weighted by atomic mass is 19.3. The van der Waals surface area contributed by atoms with Gasteiger partial charge in [-0.2, -0.15) is 0 Å². The van der Waals surface area contributed by atoms with Crippen molar-refractivity contribution in [1.29, 1.82) is 0 Å². The van der Waals surface area contributed by atoms with Crippen LogP contribution in [0.25, 0.3) is 16.8 Å². The summed E-state index contributed by atoms with van der Waals surface area (Å²) < 4.78 is 26.6. The number of aromatic nitrogens is 4. The summed E-state index contributed by atoms with van der Waals surface area (Å²) in [7, 11) is 0. The van der Waals surface area contributed by atoms with E-state index in [1.54, 1.807) is 6.07 Å². The third kappa shape index (κ3) is 3.05. The van der Waals surface area contributed by atoms with Gasteiger partial charge in [0.05, 0.1) is 11.3 Å². The van der Waals surface area contributed by atoms with E-state index < -0.39 is 12.4 Å². The van der Waals surface area contributed by atoms with Gasteiger partial charge < -0.3 is 5.11 Å². The number of nitrogens with zero attached hydrogens (tertiary/aromatic N) is 4. The first-order valence-corrected chi connectivity index (χ1v) is 6.55. The molecule has 0 aliphatic heterocycles. The molecule has 23 heavy (non-hydrogen) atoms. The van der Waals surface area contributed by atoms with Gasteiger partial charge in [-0.25, -0.2) is 18.3 Å². The Kier molecular flexibility index (Phi) is 3.80. The number of alkyl halides is 2. The third-order valence-corrected chi connectivity index (χ3v) is 3.27. The van der Waals surface area contributed by atoms with Gasteiger partial charge in [-0.1, -0.05) is 24.3 Å². The quantitative estimate of drug-likeness (QED) is 0.800. The number of hydrogen-bond donors (Lipinski definition) is 1. The lowest BCUT2D eigenvalue weighted by molar-refractivity contribution is 0.0697. The molecule has 3 aromatic rings. The van der Waals surface area contributed by atoms with Crippen LogP contribution in [0.5, 0.6) is 0 Å². The normalized spacial score (nSPS) is 10.9. The zero-order valence-corrected chi connectivity index (χ0v) is 11.6. The van der Waals surface area contributed by atoms with Gasteiger partial charge in [-0.05, 0) is 39.8 Å². The minimum atomic E-state index is -2.55. The van der Waals surface area contributed by atoms with Crippen LogP contribution in [-0.2, 0) is 0 Å². The predicted octanol–water partition coefficient (Wildman–Crippen LogP) is 2.97. The second-order valence-electron chi connectivity index (χ2n) is 4.75. The molecule has 0 amide bonds. The summed E-state index contributed by atoms with van der Waals surface area (Å²) in [5, 5.41) is 20.0. The average Bonchev–Trinajstić information content (AvgIpc) is 3.09. The molecule has 2 aromatic carbocycles. The lowest BCUT2D eigenvalue weighted by Crippen LogP contribution is -2.02. The molecule has 3 rings (SSSR count). The zero-order chi connectivity index (χ0) is 16.4. The topological polar surface area (TPSA) is 80.9 Å². The smallest absolute Gasteiger partial charge is 0.335 e. The monoisotopic (exact) mass is 316 g/mol. The van der Waals surface area contributed by atoms with Crippen molar-refractivity contribution in [3.05, 3.63) is 59.9 Å². The summed E-state index contributed by atoms with van der Waals surface area (Å²) in [5.41, 5.74) is 1.60. The summed E-state index contributed by atoms with van der Waals surface area (Å²) in [5.74, 6) is -1.11. The molecular weight excluding hydrogens is 306 g/mol. The number of rotatable bonds is 4. The van der Waals surface area contributed by atoms with Crippen molar-refractivity contribution >= 4 is 5.97 Å². The highest BCUT2D eigenvalue weighted by molar-refractivity contribution is 5.90. The number of carbonyl (C=O) groups is 1. The Labute approximate surface area is 129 Å². The molecule has 0 saturated carbocycles. The summed E-state index contributed by atoms with van der Waals surface area (Å²) in [4.78, 5) is 11.3. The molecule has 0 fully saturated rings. The van der Waals surface area contributed by atoms with Gasteiger partial charge in [0.15, 0.2) is 0 Å². The van der Waals surface area contributed by atoms with Crippen LogP contribution in [0.4, 0.5) is 8.78 Å². The SMILES string of the molecule is O=C(O)c1cc(-c2ccc(C(F)F)cc2)cc(-n2cnnn2)c1. The lowest BCUT2D eigenvalue weighted by Gasteiger charge is -2.08. The molecule has 0 atom stereocenters. The van der Waals surface area contributed by atoms with E-state index in [0.29, 0.717) is 16.8 Å². The molecule has 0 bridgehead atoms. The first-order valence-electron chi connectivity index (χ1n) is 6.55. The average molecular weight is 316 g/mol. The van der Waals surface area contributed by atoms with Crippen molar-refractivity contribution in [2.45, 2.75) is 6.43 Å². The molecule has 0 radical (unpaired) electrons. The molecule has 116 valence electrons. The van der Waals surface area contributed by atoms with Crippen LogP contribution in [0.3, 0.4) is 0 Å². The molecule has 6 nitrogen and oxygen atoms in total. The lowest BCUT2D eigenvalue weighted by atomic mass is 10.0. The number of benzene rings is 2. The summed E-state index contributed by atoms with van der Waals surface area (Å²) in [6.07, 6.45) is -1.21. The maximum atomic E-state index is 12.6. The van der Waals surface area contributed by atoms with Crippen LogP contribution in [-0.4, -0.2) is 31.3 Å². The molecule has 0 spiro atoms. The van der Waals surface area contributed by atoms with Crippen molar-refractivity contribution < 1.29 is 18.7 Å². The van der Waals surface area contributed by atoms with Gasteiger partial charge in [0.1, 0.15) is 6.33 Å². The van der Waals surface area contributed by atoms with Gasteiger partial charge in [0.25, 0.3) is 6.43 Å². The number of aromatic carboxylic acids is 1. The maximum Gasteiger partial charge on any atom is 0.335 e. The molecule has 1 heterocycles. The summed E-state index contributed by atoms with van der Waals surface area (Å²) in [6.45, 7) is 0. The van der Waals surface area contributed by atoms with Gasteiger partial charge >= 0.3 is 5.97 Å². The van der Waals surface area contributed by atoms with Crippen molar-refractivity contribution in [3.63, 3.8) is 0 Å². The first kappa shape index (κ1) is 14.8. The number of hydrogen-bond acceptors (Lipinski definition) is 4.